The van der Waals surface area contributed by atoms with Crippen LogP contribution in [0.2, 0.25) is 0 Å². The van der Waals surface area contributed by atoms with Gasteiger partial charge in [-0.3, -0.25) is 9.78 Å². The topological polar surface area (TPSA) is 73.1 Å². The molecule has 0 saturated carbocycles. The van der Waals surface area contributed by atoms with Crippen LogP contribution in [-0.4, -0.2) is 57.1 Å². The number of likely N-dealkylation sites (tertiary alicyclic amines) is 1. The van der Waals surface area contributed by atoms with Crippen LogP contribution in [0.25, 0.3) is 0 Å². The smallest absolute Gasteiger partial charge is 0.274 e. The number of rotatable bonds is 6. The van der Waals surface area contributed by atoms with Gasteiger partial charge in [0.05, 0.1) is 18.5 Å². The van der Waals surface area contributed by atoms with Crippen molar-refractivity contribution in [1.29, 1.82) is 0 Å². The maximum atomic E-state index is 12.5. The third kappa shape index (κ3) is 4.27. The number of ether oxygens (including phenoxy) is 1. The summed E-state index contributed by atoms with van der Waals surface area (Å²) in [7, 11) is 1.72. The predicted molar refractivity (Wildman–Crippen MR) is 97.9 cm³/mol. The van der Waals surface area contributed by atoms with Crippen LogP contribution < -0.4 is 0 Å². The van der Waals surface area contributed by atoms with Crippen LogP contribution in [0.3, 0.4) is 0 Å². The number of methoxy groups -OCH3 is 1. The average Bonchev–Trinajstić information content (AvgIpc) is 3.00. The summed E-state index contributed by atoms with van der Waals surface area (Å²) in [6, 6.07) is 0. The zero-order valence-corrected chi connectivity index (χ0v) is 15.8. The van der Waals surface area contributed by atoms with Crippen molar-refractivity contribution >= 4 is 5.91 Å². The number of imidazole rings is 1. The Balaban J connectivity index is 1.56. The molecule has 1 saturated heterocycles. The molecular formula is C19H27N5O2. The number of carbonyl (C=O) groups excluding carboxylic acids is 1. The van der Waals surface area contributed by atoms with Crippen molar-refractivity contribution < 1.29 is 9.53 Å². The lowest BCUT2D eigenvalue weighted by Crippen LogP contribution is -2.39. The Morgan fingerprint density at radius 2 is 1.92 bits per heavy atom. The largest absolute Gasteiger partial charge is 0.383 e. The second-order valence-electron chi connectivity index (χ2n) is 6.94. The zero-order valence-electron chi connectivity index (χ0n) is 15.8. The summed E-state index contributed by atoms with van der Waals surface area (Å²) in [6.45, 7) is 6.99. The number of amides is 1. The fourth-order valence-corrected chi connectivity index (χ4v) is 3.43. The number of nitrogens with zero attached hydrogens (tertiary/aromatic N) is 5. The van der Waals surface area contributed by atoms with Crippen LogP contribution in [0, 0.1) is 19.8 Å². The molecule has 0 radical (unpaired) electrons. The van der Waals surface area contributed by atoms with Gasteiger partial charge in [0.1, 0.15) is 11.5 Å². The van der Waals surface area contributed by atoms with Gasteiger partial charge in [-0.2, -0.15) is 0 Å². The highest BCUT2D eigenvalue weighted by atomic mass is 16.5. The maximum Gasteiger partial charge on any atom is 0.274 e. The fraction of sp³-hybridized carbons (Fsp3) is 0.579. The van der Waals surface area contributed by atoms with Crippen LogP contribution >= 0.6 is 0 Å². The molecule has 0 N–H and O–H groups in total. The molecule has 2 aromatic rings. The van der Waals surface area contributed by atoms with Crippen molar-refractivity contribution in [3.8, 4) is 0 Å². The molecule has 1 aliphatic rings. The molecular weight excluding hydrogens is 330 g/mol. The van der Waals surface area contributed by atoms with E-state index < -0.39 is 0 Å². The van der Waals surface area contributed by atoms with Crippen LogP contribution in [0.1, 0.15) is 40.5 Å². The molecule has 26 heavy (non-hydrogen) atoms. The lowest BCUT2D eigenvalue weighted by atomic mass is 9.93. The van der Waals surface area contributed by atoms with Gasteiger partial charge >= 0.3 is 0 Å². The third-order valence-corrected chi connectivity index (χ3v) is 5.03. The molecule has 3 rings (SSSR count). The van der Waals surface area contributed by atoms with E-state index in [0.717, 1.165) is 50.4 Å². The Kier molecular flexibility index (Phi) is 5.98. The number of piperidine rings is 1. The molecule has 7 nitrogen and oxygen atoms in total. The van der Waals surface area contributed by atoms with E-state index in [1.807, 2.05) is 18.0 Å². The molecule has 3 heterocycles. The summed E-state index contributed by atoms with van der Waals surface area (Å²) >= 11 is 0. The van der Waals surface area contributed by atoms with E-state index in [9.17, 15) is 4.79 Å². The summed E-state index contributed by atoms with van der Waals surface area (Å²) in [4.78, 5) is 27.4. The summed E-state index contributed by atoms with van der Waals surface area (Å²) < 4.78 is 7.44. The van der Waals surface area contributed by atoms with Crippen molar-refractivity contribution in [2.45, 2.75) is 39.7 Å². The first kappa shape index (κ1) is 18.5. The van der Waals surface area contributed by atoms with Gasteiger partial charge in [-0.1, -0.05) is 0 Å². The highest BCUT2D eigenvalue weighted by molar-refractivity contribution is 5.92. The van der Waals surface area contributed by atoms with Crippen LogP contribution in [0.4, 0.5) is 0 Å². The number of carbonyl (C=O) groups is 1. The SMILES string of the molecule is COCCn1c(C)cnc1CC1CCN(C(=O)c2cnc(C)cn2)CC1. The van der Waals surface area contributed by atoms with Crippen molar-refractivity contribution in [2.24, 2.45) is 5.92 Å². The Bertz CT molecular complexity index is 733. The van der Waals surface area contributed by atoms with Crippen LogP contribution in [0.5, 0.6) is 0 Å². The molecule has 1 amide bonds. The highest BCUT2D eigenvalue weighted by Crippen LogP contribution is 2.22. The van der Waals surface area contributed by atoms with Gasteiger partial charge in [0.15, 0.2) is 0 Å². The Hall–Kier alpha value is -2.28. The summed E-state index contributed by atoms with van der Waals surface area (Å²) in [6.07, 6.45) is 8.06. The zero-order chi connectivity index (χ0) is 18.5. The van der Waals surface area contributed by atoms with E-state index in [0.29, 0.717) is 18.2 Å². The minimum Gasteiger partial charge on any atom is -0.383 e. The first-order valence-corrected chi connectivity index (χ1v) is 9.16. The molecule has 1 aliphatic heterocycles. The normalized spacial score (nSPS) is 15.4. The van der Waals surface area contributed by atoms with E-state index in [1.165, 1.54) is 5.69 Å². The van der Waals surface area contributed by atoms with Gasteiger partial charge in [0.2, 0.25) is 0 Å². The first-order valence-electron chi connectivity index (χ1n) is 9.16. The minimum atomic E-state index is -0.0200. The van der Waals surface area contributed by atoms with E-state index >= 15 is 0 Å². The average molecular weight is 357 g/mol. The number of hydrogen-bond acceptors (Lipinski definition) is 5. The second-order valence-corrected chi connectivity index (χ2v) is 6.94. The van der Waals surface area contributed by atoms with Gasteiger partial charge in [-0.05, 0) is 32.6 Å². The quantitative estimate of drug-likeness (QED) is 0.791. The van der Waals surface area contributed by atoms with E-state index in [1.54, 1.807) is 19.5 Å². The summed E-state index contributed by atoms with van der Waals surface area (Å²) in [5.74, 6) is 1.65. The molecule has 0 aromatic carbocycles. The number of aryl methyl sites for hydroxylation is 2. The molecule has 0 unspecified atom stereocenters. The molecule has 0 atom stereocenters. The van der Waals surface area contributed by atoms with Crippen molar-refractivity contribution in [2.75, 3.05) is 26.8 Å². The van der Waals surface area contributed by atoms with Crippen molar-refractivity contribution in [3.05, 3.63) is 41.5 Å². The molecule has 0 aliphatic carbocycles. The standard InChI is InChI=1S/C19H27N5O2/c1-14-11-21-17(13-20-14)19(25)23-6-4-16(5-7-23)10-18-22-12-15(2)24(18)8-9-26-3/h11-13,16H,4-10H2,1-3H3. The van der Waals surface area contributed by atoms with Crippen molar-refractivity contribution in [3.63, 3.8) is 0 Å². The molecule has 0 spiro atoms. The van der Waals surface area contributed by atoms with Gasteiger partial charge < -0.3 is 14.2 Å². The minimum absolute atomic E-state index is 0.0200. The molecule has 140 valence electrons. The Morgan fingerprint density at radius 1 is 1.15 bits per heavy atom. The highest BCUT2D eigenvalue weighted by Gasteiger charge is 2.25. The van der Waals surface area contributed by atoms with Gasteiger partial charge in [0.25, 0.3) is 5.91 Å². The third-order valence-electron chi connectivity index (χ3n) is 5.03. The molecule has 0 bridgehead atoms. The van der Waals surface area contributed by atoms with E-state index in [4.69, 9.17) is 4.74 Å². The Morgan fingerprint density at radius 3 is 2.58 bits per heavy atom. The summed E-state index contributed by atoms with van der Waals surface area (Å²) in [5, 5.41) is 0. The molecule has 2 aromatic heterocycles. The molecule has 7 heteroatoms. The lowest BCUT2D eigenvalue weighted by molar-refractivity contribution is 0.0683. The Labute approximate surface area is 154 Å². The first-order chi connectivity index (χ1) is 12.6. The van der Waals surface area contributed by atoms with Gasteiger partial charge in [-0.15, -0.1) is 0 Å². The number of aromatic nitrogens is 4. The predicted octanol–water partition coefficient (Wildman–Crippen LogP) is 2.03. The number of hydrogen-bond donors (Lipinski definition) is 0. The van der Waals surface area contributed by atoms with Gasteiger partial charge in [0, 0.05) is 51.3 Å². The van der Waals surface area contributed by atoms with Crippen molar-refractivity contribution in [1.82, 2.24) is 24.4 Å². The molecule has 1 fully saturated rings. The lowest BCUT2D eigenvalue weighted by Gasteiger charge is -2.31. The van der Waals surface area contributed by atoms with E-state index in [2.05, 4.69) is 26.4 Å². The maximum absolute atomic E-state index is 12.5. The summed E-state index contributed by atoms with van der Waals surface area (Å²) in [5.41, 5.74) is 2.42. The van der Waals surface area contributed by atoms with Crippen LogP contribution in [0.15, 0.2) is 18.6 Å². The fourth-order valence-electron chi connectivity index (χ4n) is 3.43. The monoisotopic (exact) mass is 357 g/mol. The van der Waals surface area contributed by atoms with Crippen LogP contribution in [-0.2, 0) is 17.7 Å². The van der Waals surface area contributed by atoms with Gasteiger partial charge in [-0.25, -0.2) is 9.97 Å². The van der Waals surface area contributed by atoms with E-state index in [-0.39, 0.29) is 5.91 Å². The second kappa shape index (κ2) is 8.40.